The molecule has 3 heteroatoms. The van der Waals surface area contributed by atoms with Crippen molar-refractivity contribution >= 4 is 0 Å². The van der Waals surface area contributed by atoms with Crippen LogP contribution in [0.1, 0.15) is 39.0 Å². The van der Waals surface area contributed by atoms with Crippen LogP contribution < -0.4 is 5.32 Å². The van der Waals surface area contributed by atoms with Crippen molar-refractivity contribution in [1.29, 1.82) is 0 Å². The second-order valence-electron chi connectivity index (χ2n) is 5.31. The van der Waals surface area contributed by atoms with Gasteiger partial charge < -0.3 is 15.1 Å². The molecule has 0 amide bonds. The zero-order valence-electron chi connectivity index (χ0n) is 11.9. The number of hydrogen-bond acceptors (Lipinski definition) is 3. The molecule has 0 saturated carbocycles. The van der Waals surface area contributed by atoms with E-state index in [2.05, 4.69) is 29.1 Å². The Hall–Kier alpha value is -0.120. The van der Waals surface area contributed by atoms with Crippen LogP contribution in [0.15, 0.2) is 0 Å². The Morgan fingerprint density at radius 1 is 1.00 bits per heavy atom. The van der Waals surface area contributed by atoms with Crippen molar-refractivity contribution in [2.24, 2.45) is 0 Å². The molecule has 0 aromatic heterocycles. The summed E-state index contributed by atoms with van der Waals surface area (Å²) in [4.78, 5) is 5.08. The minimum Gasteiger partial charge on any atom is -0.314 e. The third kappa shape index (κ3) is 7.74. The molecular weight excluding hydrogens is 210 g/mol. The molecule has 0 bridgehead atoms. The highest BCUT2D eigenvalue weighted by molar-refractivity contribution is 4.67. The summed E-state index contributed by atoms with van der Waals surface area (Å²) >= 11 is 0. The van der Waals surface area contributed by atoms with Crippen molar-refractivity contribution in [3.05, 3.63) is 0 Å². The fourth-order valence-electron chi connectivity index (χ4n) is 2.42. The summed E-state index contributed by atoms with van der Waals surface area (Å²) in [5.41, 5.74) is 0. The van der Waals surface area contributed by atoms with Gasteiger partial charge in [-0.3, -0.25) is 0 Å². The number of piperazine rings is 1. The monoisotopic (exact) mass is 241 g/mol. The van der Waals surface area contributed by atoms with Crippen molar-refractivity contribution in [1.82, 2.24) is 15.1 Å². The fourth-order valence-corrected chi connectivity index (χ4v) is 2.42. The molecule has 1 N–H and O–H groups in total. The van der Waals surface area contributed by atoms with Crippen molar-refractivity contribution < 1.29 is 0 Å². The molecule has 1 rings (SSSR count). The van der Waals surface area contributed by atoms with Crippen LogP contribution in [0.4, 0.5) is 0 Å². The Kier molecular flexibility index (Phi) is 8.67. The summed E-state index contributed by atoms with van der Waals surface area (Å²) in [5.74, 6) is 0. The van der Waals surface area contributed by atoms with Crippen LogP contribution >= 0.6 is 0 Å². The second-order valence-corrected chi connectivity index (χ2v) is 5.31. The highest BCUT2D eigenvalue weighted by Crippen LogP contribution is 2.01. The van der Waals surface area contributed by atoms with Crippen LogP contribution in [0, 0.1) is 0 Å². The van der Waals surface area contributed by atoms with E-state index < -0.39 is 0 Å². The summed E-state index contributed by atoms with van der Waals surface area (Å²) in [6.07, 6.45) is 6.84. The van der Waals surface area contributed by atoms with Gasteiger partial charge in [0.2, 0.25) is 0 Å². The number of nitrogens with one attached hydrogen (secondary N) is 1. The number of nitrogens with zero attached hydrogens (tertiary/aromatic N) is 2. The van der Waals surface area contributed by atoms with Crippen molar-refractivity contribution in [2.45, 2.75) is 39.0 Å². The van der Waals surface area contributed by atoms with Crippen LogP contribution in [0.25, 0.3) is 0 Å². The fraction of sp³-hybridized carbons (Fsp3) is 1.00. The minimum absolute atomic E-state index is 1.17. The van der Waals surface area contributed by atoms with Gasteiger partial charge in [0, 0.05) is 26.2 Å². The molecule has 1 fully saturated rings. The molecule has 0 unspecified atom stereocenters. The van der Waals surface area contributed by atoms with Crippen molar-refractivity contribution in [2.75, 3.05) is 52.9 Å². The van der Waals surface area contributed by atoms with E-state index in [-0.39, 0.29) is 0 Å². The maximum atomic E-state index is 3.40. The van der Waals surface area contributed by atoms with E-state index in [1.54, 1.807) is 0 Å². The Morgan fingerprint density at radius 2 is 1.71 bits per heavy atom. The molecule has 17 heavy (non-hydrogen) atoms. The first-order valence-corrected chi connectivity index (χ1v) is 7.44. The summed E-state index contributed by atoms with van der Waals surface area (Å²) in [6, 6.07) is 0. The van der Waals surface area contributed by atoms with Gasteiger partial charge in [-0.15, -0.1) is 0 Å². The third-order valence-corrected chi connectivity index (χ3v) is 3.62. The van der Waals surface area contributed by atoms with E-state index in [0.717, 1.165) is 0 Å². The molecule has 3 nitrogen and oxygen atoms in total. The average molecular weight is 241 g/mol. The van der Waals surface area contributed by atoms with E-state index in [4.69, 9.17) is 0 Å². The van der Waals surface area contributed by atoms with E-state index in [0.29, 0.717) is 0 Å². The van der Waals surface area contributed by atoms with Gasteiger partial charge in [-0.05, 0) is 39.5 Å². The average Bonchev–Trinajstić information content (AvgIpc) is 2.36. The molecule has 0 aromatic carbocycles. The largest absolute Gasteiger partial charge is 0.314 e. The van der Waals surface area contributed by atoms with E-state index in [9.17, 15) is 0 Å². The predicted octanol–water partition coefficient (Wildman–Crippen LogP) is 1.79. The second kappa shape index (κ2) is 9.86. The topological polar surface area (TPSA) is 18.5 Å². The lowest BCUT2D eigenvalue weighted by Gasteiger charge is -2.27. The molecule has 102 valence electrons. The summed E-state index contributed by atoms with van der Waals surface area (Å²) in [5, 5.41) is 3.40. The normalized spacial score (nSPS) is 17.8. The lowest BCUT2D eigenvalue weighted by molar-refractivity contribution is 0.221. The smallest absolute Gasteiger partial charge is 0.0107 e. The number of hydrogen-bond donors (Lipinski definition) is 1. The van der Waals surface area contributed by atoms with Gasteiger partial charge >= 0.3 is 0 Å². The Bertz CT molecular complexity index is 167. The van der Waals surface area contributed by atoms with Gasteiger partial charge in [-0.25, -0.2) is 0 Å². The van der Waals surface area contributed by atoms with Crippen molar-refractivity contribution in [3.63, 3.8) is 0 Å². The van der Waals surface area contributed by atoms with Gasteiger partial charge in [0.1, 0.15) is 0 Å². The van der Waals surface area contributed by atoms with Crippen LogP contribution in [0.2, 0.25) is 0 Å². The van der Waals surface area contributed by atoms with Crippen LogP contribution in [-0.4, -0.2) is 62.7 Å². The molecule has 0 aliphatic carbocycles. The maximum Gasteiger partial charge on any atom is 0.0107 e. The van der Waals surface area contributed by atoms with Gasteiger partial charge in [-0.1, -0.05) is 26.2 Å². The van der Waals surface area contributed by atoms with Gasteiger partial charge in [0.25, 0.3) is 0 Å². The van der Waals surface area contributed by atoms with Crippen LogP contribution in [0.3, 0.4) is 0 Å². The van der Waals surface area contributed by atoms with Gasteiger partial charge in [-0.2, -0.15) is 0 Å². The summed E-state index contributed by atoms with van der Waals surface area (Å²) in [6.45, 7) is 10.9. The lowest BCUT2D eigenvalue weighted by atomic mass is 10.2. The highest BCUT2D eigenvalue weighted by atomic mass is 15.2. The third-order valence-electron chi connectivity index (χ3n) is 3.62. The van der Waals surface area contributed by atoms with E-state index in [1.807, 2.05) is 0 Å². The predicted molar refractivity (Wildman–Crippen MR) is 75.6 cm³/mol. The first-order chi connectivity index (χ1) is 8.33. The molecule has 0 atom stereocenters. The minimum atomic E-state index is 1.17. The molecule has 1 saturated heterocycles. The molecule has 0 aromatic rings. The highest BCUT2D eigenvalue weighted by Gasteiger charge is 2.08. The first-order valence-electron chi connectivity index (χ1n) is 7.44. The molecule has 0 spiro atoms. The number of rotatable bonds is 9. The molecule has 1 heterocycles. The van der Waals surface area contributed by atoms with E-state index in [1.165, 1.54) is 77.9 Å². The van der Waals surface area contributed by atoms with E-state index >= 15 is 0 Å². The molecular formula is C14H31N3. The standard InChI is InChI=1S/C14H31N3/c1-3-4-5-6-10-16(2)11-7-12-17-13-8-15-9-14-17/h15H,3-14H2,1-2H3. The Morgan fingerprint density at radius 3 is 2.41 bits per heavy atom. The maximum absolute atomic E-state index is 3.40. The molecule has 1 aliphatic rings. The summed E-state index contributed by atoms with van der Waals surface area (Å²) < 4.78 is 0. The zero-order chi connectivity index (χ0) is 12.3. The quantitative estimate of drug-likeness (QED) is 0.621. The van der Waals surface area contributed by atoms with Crippen LogP contribution in [0.5, 0.6) is 0 Å². The Balaban J connectivity index is 1.90. The molecule has 1 aliphatic heterocycles. The lowest BCUT2D eigenvalue weighted by Crippen LogP contribution is -2.44. The van der Waals surface area contributed by atoms with Gasteiger partial charge in [0.15, 0.2) is 0 Å². The Labute approximate surface area is 108 Å². The van der Waals surface area contributed by atoms with Crippen molar-refractivity contribution in [3.8, 4) is 0 Å². The van der Waals surface area contributed by atoms with Gasteiger partial charge in [0.05, 0.1) is 0 Å². The first kappa shape index (κ1) is 14.9. The van der Waals surface area contributed by atoms with Crippen LogP contribution in [-0.2, 0) is 0 Å². The number of unbranched alkanes of at least 4 members (excludes halogenated alkanes) is 3. The zero-order valence-corrected chi connectivity index (χ0v) is 11.9. The summed E-state index contributed by atoms with van der Waals surface area (Å²) in [7, 11) is 2.27. The SMILES string of the molecule is CCCCCCN(C)CCCN1CCNCC1. The molecule has 0 radical (unpaired) electrons.